The van der Waals surface area contributed by atoms with E-state index in [0.29, 0.717) is 54.9 Å². The minimum atomic E-state index is -0.502. The van der Waals surface area contributed by atoms with Crippen LogP contribution in [-0.2, 0) is 4.74 Å². The van der Waals surface area contributed by atoms with E-state index in [1.165, 1.54) is 45.6 Å². The van der Waals surface area contributed by atoms with E-state index in [2.05, 4.69) is 5.32 Å². The first-order chi connectivity index (χ1) is 14.5. The molecule has 0 atom stereocenters. The summed E-state index contributed by atoms with van der Waals surface area (Å²) in [4.78, 5) is 25.7. The second-order valence-electron chi connectivity index (χ2n) is 6.43. The second kappa shape index (κ2) is 9.31. The predicted octanol–water partition coefficient (Wildman–Crippen LogP) is 2.71. The number of hydrogen-bond donors (Lipinski definition) is 1. The van der Waals surface area contributed by atoms with Crippen molar-refractivity contribution in [3.8, 4) is 17.2 Å². The van der Waals surface area contributed by atoms with Gasteiger partial charge in [-0.25, -0.2) is 0 Å². The summed E-state index contributed by atoms with van der Waals surface area (Å²) < 4.78 is 21.2. The molecule has 1 aliphatic heterocycles. The van der Waals surface area contributed by atoms with Crippen molar-refractivity contribution in [3.63, 3.8) is 0 Å². The van der Waals surface area contributed by atoms with Gasteiger partial charge in [-0.1, -0.05) is 0 Å². The first-order valence-corrected chi connectivity index (χ1v) is 9.21. The van der Waals surface area contributed by atoms with Crippen molar-refractivity contribution in [3.05, 3.63) is 46.0 Å². The molecule has 10 nitrogen and oxygen atoms in total. The van der Waals surface area contributed by atoms with Gasteiger partial charge in [0.1, 0.15) is 0 Å². The first kappa shape index (κ1) is 21.2. The third-order valence-electron chi connectivity index (χ3n) is 4.72. The van der Waals surface area contributed by atoms with Crippen LogP contribution in [0.4, 0.5) is 17.1 Å². The minimum Gasteiger partial charge on any atom is -0.493 e. The maximum Gasteiger partial charge on any atom is 0.271 e. The molecule has 1 saturated heterocycles. The average Bonchev–Trinajstić information content (AvgIpc) is 2.78. The van der Waals surface area contributed by atoms with E-state index in [-0.39, 0.29) is 11.3 Å². The van der Waals surface area contributed by atoms with Crippen molar-refractivity contribution in [2.75, 3.05) is 57.8 Å². The number of rotatable bonds is 7. The molecule has 3 rings (SSSR count). The van der Waals surface area contributed by atoms with Gasteiger partial charge in [-0.2, -0.15) is 0 Å². The third kappa shape index (κ3) is 4.38. The maximum atomic E-state index is 13.0. The second-order valence-corrected chi connectivity index (χ2v) is 6.43. The Morgan fingerprint density at radius 3 is 2.23 bits per heavy atom. The van der Waals surface area contributed by atoms with Crippen molar-refractivity contribution in [2.45, 2.75) is 0 Å². The van der Waals surface area contributed by atoms with Gasteiger partial charge in [-0.15, -0.1) is 0 Å². The molecule has 2 aromatic carbocycles. The Labute approximate surface area is 173 Å². The fourth-order valence-corrected chi connectivity index (χ4v) is 3.22. The Morgan fingerprint density at radius 1 is 1.07 bits per heavy atom. The molecule has 1 N–H and O–H groups in total. The largest absolute Gasteiger partial charge is 0.493 e. The molecule has 0 aliphatic carbocycles. The number of amides is 1. The summed E-state index contributed by atoms with van der Waals surface area (Å²) in [5, 5.41) is 14.0. The fraction of sp³-hybridized carbons (Fsp3) is 0.350. The number of hydrogen-bond acceptors (Lipinski definition) is 8. The van der Waals surface area contributed by atoms with Gasteiger partial charge in [0.05, 0.1) is 50.8 Å². The predicted molar refractivity (Wildman–Crippen MR) is 110 cm³/mol. The molecule has 2 aromatic rings. The smallest absolute Gasteiger partial charge is 0.271 e. The summed E-state index contributed by atoms with van der Waals surface area (Å²) in [5.74, 6) is 0.550. The van der Waals surface area contributed by atoms with Gasteiger partial charge in [0.25, 0.3) is 11.6 Å². The molecule has 0 spiro atoms. The Kier molecular flexibility index (Phi) is 6.58. The summed E-state index contributed by atoms with van der Waals surface area (Å²) in [7, 11) is 4.38. The van der Waals surface area contributed by atoms with Crippen LogP contribution in [0.1, 0.15) is 10.4 Å². The number of anilines is 2. The molecule has 1 aliphatic rings. The zero-order chi connectivity index (χ0) is 21.7. The average molecular weight is 417 g/mol. The monoisotopic (exact) mass is 417 g/mol. The van der Waals surface area contributed by atoms with Gasteiger partial charge in [-0.05, 0) is 18.2 Å². The van der Waals surface area contributed by atoms with Gasteiger partial charge >= 0.3 is 0 Å². The van der Waals surface area contributed by atoms with Gasteiger partial charge in [0.15, 0.2) is 11.5 Å². The van der Waals surface area contributed by atoms with Gasteiger partial charge in [-0.3, -0.25) is 14.9 Å². The summed E-state index contributed by atoms with van der Waals surface area (Å²) in [6.45, 7) is 2.31. The summed E-state index contributed by atoms with van der Waals surface area (Å²) in [6.07, 6.45) is 0. The summed E-state index contributed by atoms with van der Waals surface area (Å²) >= 11 is 0. The molecule has 0 radical (unpaired) electrons. The van der Waals surface area contributed by atoms with E-state index < -0.39 is 10.8 Å². The highest BCUT2D eigenvalue weighted by atomic mass is 16.6. The number of nitro benzene ring substituents is 1. The molecule has 1 heterocycles. The number of non-ortho nitro benzene ring substituents is 1. The highest BCUT2D eigenvalue weighted by molar-refractivity contribution is 6.07. The highest BCUT2D eigenvalue weighted by Crippen LogP contribution is 2.39. The number of carbonyl (C=O) groups excluding carboxylic acids is 1. The van der Waals surface area contributed by atoms with E-state index in [0.717, 1.165) is 0 Å². The van der Waals surface area contributed by atoms with Crippen molar-refractivity contribution < 1.29 is 28.7 Å². The highest BCUT2D eigenvalue weighted by Gasteiger charge is 2.22. The topological polar surface area (TPSA) is 112 Å². The Hall–Kier alpha value is -3.53. The van der Waals surface area contributed by atoms with E-state index in [1.807, 2.05) is 4.90 Å². The van der Waals surface area contributed by atoms with Crippen LogP contribution in [0.5, 0.6) is 17.2 Å². The Bertz CT molecular complexity index is 917. The number of methoxy groups -OCH3 is 3. The fourth-order valence-electron chi connectivity index (χ4n) is 3.22. The van der Waals surface area contributed by atoms with Crippen molar-refractivity contribution >= 4 is 23.0 Å². The number of nitrogens with zero attached hydrogens (tertiary/aromatic N) is 2. The van der Waals surface area contributed by atoms with Crippen molar-refractivity contribution in [1.29, 1.82) is 0 Å². The number of benzene rings is 2. The summed E-state index contributed by atoms with van der Waals surface area (Å²) in [6, 6.07) is 7.43. The van der Waals surface area contributed by atoms with Crippen LogP contribution in [0.25, 0.3) is 0 Å². The molecule has 30 heavy (non-hydrogen) atoms. The quantitative estimate of drug-likeness (QED) is 0.541. The zero-order valence-electron chi connectivity index (χ0n) is 17.0. The van der Waals surface area contributed by atoms with Crippen molar-refractivity contribution in [1.82, 2.24) is 0 Å². The molecule has 0 unspecified atom stereocenters. The van der Waals surface area contributed by atoms with Gasteiger partial charge < -0.3 is 29.2 Å². The molecule has 0 bridgehead atoms. The number of ether oxygens (including phenoxy) is 4. The number of nitrogens with one attached hydrogen (secondary N) is 1. The standard InChI is InChI=1S/C20H23N3O7/c1-27-17-10-13(11-18(28-2)19(17)29-3)20(24)21-15-12-14(23(25)26)4-5-16(15)22-6-8-30-9-7-22/h4-5,10-12H,6-9H2,1-3H3,(H,21,24). The molecule has 0 saturated carbocycles. The lowest BCUT2D eigenvalue weighted by atomic mass is 10.1. The zero-order valence-corrected chi connectivity index (χ0v) is 17.0. The molecule has 1 fully saturated rings. The van der Waals surface area contributed by atoms with E-state index >= 15 is 0 Å². The molecule has 10 heteroatoms. The first-order valence-electron chi connectivity index (χ1n) is 9.21. The van der Waals surface area contributed by atoms with E-state index in [1.54, 1.807) is 6.07 Å². The normalized spacial score (nSPS) is 13.5. The number of morpholine rings is 1. The van der Waals surface area contributed by atoms with Crippen LogP contribution in [0.2, 0.25) is 0 Å². The van der Waals surface area contributed by atoms with Crippen LogP contribution in [0, 0.1) is 10.1 Å². The summed E-state index contributed by atoms with van der Waals surface area (Å²) in [5.41, 5.74) is 1.16. The van der Waals surface area contributed by atoms with E-state index in [4.69, 9.17) is 18.9 Å². The van der Waals surface area contributed by atoms with Crippen LogP contribution in [-0.4, -0.2) is 58.5 Å². The van der Waals surface area contributed by atoms with Crippen LogP contribution < -0.4 is 24.4 Å². The number of carbonyl (C=O) groups is 1. The van der Waals surface area contributed by atoms with E-state index in [9.17, 15) is 14.9 Å². The number of nitro groups is 1. The lowest BCUT2D eigenvalue weighted by Crippen LogP contribution is -2.36. The Morgan fingerprint density at radius 2 is 1.70 bits per heavy atom. The molecular weight excluding hydrogens is 394 g/mol. The SMILES string of the molecule is COc1cc(C(=O)Nc2cc([N+](=O)[O-])ccc2N2CCOCC2)cc(OC)c1OC. The molecule has 0 aromatic heterocycles. The van der Waals surface area contributed by atoms with Gasteiger partial charge in [0, 0.05) is 30.8 Å². The Balaban J connectivity index is 1.97. The van der Waals surface area contributed by atoms with Crippen LogP contribution >= 0.6 is 0 Å². The lowest BCUT2D eigenvalue weighted by molar-refractivity contribution is -0.384. The van der Waals surface area contributed by atoms with Gasteiger partial charge in [0.2, 0.25) is 5.75 Å². The maximum absolute atomic E-state index is 13.0. The lowest BCUT2D eigenvalue weighted by Gasteiger charge is -2.30. The minimum absolute atomic E-state index is 0.118. The third-order valence-corrected chi connectivity index (χ3v) is 4.72. The van der Waals surface area contributed by atoms with Crippen molar-refractivity contribution in [2.24, 2.45) is 0 Å². The molecule has 1 amide bonds. The molecule has 160 valence electrons. The van der Waals surface area contributed by atoms with Crippen LogP contribution in [0.15, 0.2) is 30.3 Å². The van der Waals surface area contributed by atoms with Crippen LogP contribution in [0.3, 0.4) is 0 Å². The molecular formula is C20H23N3O7.